The number of amides is 1. The second-order valence-electron chi connectivity index (χ2n) is 5.32. The third-order valence-corrected chi connectivity index (χ3v) is 3.82. The monoisotopic (exact) mass is 394 g/mol. The van der Waals surface area contributed by atoms with Crippen molar-refractivity contribution in [2.75, 3.05) is 13.2 Å². The summed E-state index contributed by atoms with van der Waals surface area (Å²) in [5.41, 5.74) is 3.36. The first-order valence-corrected chi connectivity index (χ1v) is 8.96. The van der Waals surface area contributed by atoms with Gasteiger partial charge in [-0.05, 0) is 61.4 Å². The van der Waals surface area contributed by atoms with Crippen molar-refractivity contribution in [2.24, 2.45) is 5.10 Å². The van der Waals surface area contributed by atoms with E-state index in [2.05, 4.69) is 10.5 Å². The lowest BCUT2D eigenvalue weighted by atomic mass is 10.2. The maximum Gasteiger partial charge on any atom is 0.240 e. The summed E-state index contributed by atoms with van der Waals surface area (Å²) in [7, 11) is 0. The molecule has 0 spiro atoms. The number of benzene rings is 2. The maximum absolute atomic E-state index is 11.8. The third-order valence-electron chi connectivity index (χ3n) is 3.29. The SMILES string of the molecule is CCOc1ccc(/C=N/NC(=O)CCCOc2ccc(Cl)cc2Cl)cc1. The first-order chi connectivity index (χ1) is 12.6. The molecule has 26 heavy (non-hydrogen) atoms. The van der Waals surface area contributed by atoms with Crippen molar-refractivity contribution >= 4 is 35.3 Å². The molecule has 0 aliphatic heterocycles. The van der Waals surface area contributed by atoms with E-state index in [1.54, 1.807) is 24.4 Å². The average molecular weight is 395 g/mol. The minimum Gasteiger partial charge on any atom is -0.494 e. The van der Waals surface area contributed by atoms with Gasteiger partial charge in [0.15, 0.2) is 0 Å². The summed E-state index contributed by atoms with van der Waals surface area (Å²) in [5.74, 6) is 1.16. The number of nitrogens with one attached hydrogen (secondary N) is 1. The number of hydrogen-bond donors (Lipinski definition) is 1. The summed E-state index contributed by atoms with van der Waals surface area (Å²) >= 11 is 11.8. The molecule has 0 saturated heterocycles. The zero-order valence-electron chi connectivity index (χ0n) is 14.4. The Kier molecular flexibility index (Phi) is 8.25. The van der Waals surface area contributed by atoms with E-state index in [9.17, 15) is 4.79 Å². The first-order valence-electron chi connectivity index (χ1n) is 8.21. The zero-order chi connectivity index (χ0) is 18.8. The molecule has 0 fully saturated rings. The van der Waals surface area contributed by atoms with E-state index in [0.717, 1.165) is 11.3 Å². The smallest absolute Gasteiger partial charge is 0.240 e. The van der Waals surface area contributed by atoms with E-state index in [1.807, 2.05) is 31.2 Å². The van der Waals surface area contributed by atoms with E-state index in [-0.39, 0.29) is 5.91 Å². The van der Waals surface area contributed by atoms with Crippen LogP contribution in [0.3, 0.4) is 0 Å². The second kappa shape index (κ2) is 10.7. The molecule has 5 nitrogen and oxygen atoms in total. The molecule has 0 aromatic heterocycles. The van der Waals surface area contributed by atoms with Crippen molar-refractivity contribution in [1.82, 2.24) is 5.43 Å². The molecule has 0 saturated carbocycles. The Bertz CT molecular complexity index is 749. The number of carbonyl (C=O) groups is 1. The summed E-state index contributed by atoms with van der Waals surface area (Å²) in [6, 6.07) is 12.4. The first kappa shape index (κ1) is 20.1. The van der Waals surface area contributed by atoms with Crippen LogP contribution in [0.4, 0.5) is 0 Å². The Morgan fingerprint density at radius 2 is 1.92 bits per heavy atom. The van der Waals surface area contributed by atoms with Crippen molar-refractivity contribution in [3.63, 3.8) is 0 Å². The molecule has 0 atom stereocenters. The lowest BCUT2D eigenvalue weighted by Gasteiger charge is -2.07. The van der Waals surface area contributed by atoms with Gasteiger partial charge in [-0.25, -0.2) is 5.43 Å². The van der Waals surface area contributed by atoms with E-state index < -0.39 is 0 Å². The number of hydrogen-bond acceptors (Lipinski definition) is 4. The van der Waals surface area contributed by atoms with Crippen LogP contribution in [-0.4, -0.2) is 25.3 Å². The molecule has 2 aromatic carbocycles. The average Bonchev–Trinajstić information content (AvgIpc) is 2.62. The van der Waals surface area contributed by atoms with E-state index in [4.69, 9.17) is 32.7 Å². The van der Waals surface area contributed by atoms with Gasteiger partial charge in [0.25, 0.3) is 0 Å². The predicted molar refractivity (Wildman–Crippen MR) is 105 cm³/mol. The van der Waals surface area contributed by atoms with Gasteiger partial charge in [0.05, 0.1) is 24.5 Å². The fourth-order valence-corrected chi connectivity index (χ4v) is 2.52. The molecule has 138 valence electrons. The summed E-state index contributed by atoms with van der Waals surface area (Å²) in [6.07, 6.45) is 2.42. The molecule has 7 heteroatoms. The van der Waals surface area contributed by atoms with Crippen LogP contribution < -0.4 is 14.9 Å². The molecule has 0 bridgehead atoms. The fourth-order valence-electron chi connectivity index (χ4n) is 2.06. The second-order valence-corrected chi connectivity index (χ2v) is 6.17. The Hall–Kier alpha value is -2.24. The van der Waals surface area contributed by atoms with Gasteiger partial charge >= 0.3 is 0 Å². The number of ether oxygens (including phenoxy) is 2. The van der Waals surface area contributed by atoms with Crippen LogP contribution in [-0.2, 0) is 4.79 Å². The van der Waals surface area contributed by atoms with Crippen LogP contribution in [0.15, 0.2) is 47.6 Å². The lowest BCUT2D eigenvalue weighted by molar-refractivity contribution is -0.121. The van der Waals surface area contributed by atoms with Crippen LogP contribution in [0.2, 0.25) is 10.0 Å². The Morgan fingerprint density at radius 1 is 1.15 bits per heavy atom. The van der Waals surface area contributed by atoms with Crippen LogP contribution in [0.1, 0.15) is 25.3 Å². The van der Waals surface area contributed by atoms with Crippen molar-refractivity contribution in [3.8, 4) is 11.5 Å². The number of rotatable bonds is 9. The van der Waals surface area contributed by atoms with Gasteiger partial charge in [-0.1, -0.05) is 23.2 Å². The van der Waals surface area contributed by atoms with Gasteiger partial charge in [0.2, 0.25) is 5.91 Å². The Morgan fingerprint density at radius 3 is 2.62 bits per heavy atom. The molecule has 2 aromatic rings. The molecule has 0 unspecified atom stereocenters. The minimum absolute atomic E-state index is 0.182. The molecular weight excluding hydrogens is 375 g/mol. The lowest BCUT2D eigenvalue weighted by Crippen LogP contribution is -2.18. The molecule has 0 aliphatic carbocycles. The largest absolute Gasteiger partial charge is 0.494 e. The highest BCUT2D eigenvalue weighted by Gasteiger charge is 2.04. The standard InChI is InChI=1S/C19H20Cl2N2O3/c1-2-25-16-8-5-14(6-9-16)13-22-23-19(24)4-3-11-26-18-10-7-15(20)12-17(18)21/h5-10,12-13H,2-4,11H2,1H3,(H,23,24)/b22-13+. The summed E-state index contributed by atoms with van der Waals surface area (Å²) in [6.45, 7) is 2.93. The topological polar surface area (TPSA) is 59.9 Å². The van der Waals surface area contributed by atoms with Gasteiger partial charge < -0.3 is 9.47 Å². The number of hydrazone groups is 1. The van der Waals surface area contributed by atoms with Crippen LogP contribution in [0, 0.1) is 0 Å². The predicted octanol–water partition coefficient (Wildman–Crippen LogP) is 4.70. The van der Waals surface area contributed by atoms with Crippen molar-refractivity contribution in [1.29, 1.82) is 0 Å². The van der Waals surface area contributed by atoms with Crippen molar-refractivity contribution in [2.45, 2.75) is 19.8 Å². The van der Waals surface area contributed by atoms with Crippen LogP contribution in [0.25, 0.3) is 0 Å². The zero-order valence-corrected chi connectivity index (χ0v) is 15.9. The van der Waals surface area contributed by atoms with Gasteiger partial charge in [0.1, 0.15) is 11.5 Å². The van der Waals surface area contributed by atoms with Crippen molar-refractivity contribution < 1.29 is 14.3 Å². The fraction of sp³-hybridized carbons (Fsp3) is 0.263. The third kappa shape index (κ3) is 6.94. The van der Waals surface area contributed by atoms with Gasteiger partial charge in [-0.2, -0.15) is 5.10 Å². The number of nitrogens with zero attached hydrogens (tertiary/aromatic N) is 1. The highest BCUT2D eigenvalue weighted by molar-refractivity contribution is 6.35. The normalized spacial score (nSPS) is 10.7. The Balaban J connectivity index is 1.66. The maximum atomic E-state index is 11.8. The van der Waals surface area contributed by atoms with E-state index in [1.165, 1.54) is 0 Å². The molecule has 0 heterocycles. The van der Waals surface area contributed by atoms with E-state index >= 15 is 0 Å². The number of carbonyl (C=O) groups excluding carboxylic acids is 1. The molecule has 0 radical (unpaired) electrons. The van der Waals surface area contributed by atoms with E-state index in [0.29, 0.717) is 41.9 Å². The van der Waals surface area contributed by atoms with Gasteiger partial charge in [-0.3, -0.25) is 4.79 Å². The molecular formula is C19H20Cl2N2O3. The molecule has 1 N–H and O–H groups in total. The van der Waals surface area contributed by atoms with Gasteiger partial charge in [-0.15, -0.1) is 0 Å². The number of halogens is 2. The van der Waals surface area contributed by atoms with Gasteiger partial charge in [0, 0.05) is 11.4 Å². The summed E-state index contributed by atoms with van der Waals surface area (Å²) in [4.78, 5) is 11.8. The summed E-state index contributed by atoms with van der Waals surface area (Å²) < 4.78 is 10.9. The van der Waals surface area contributed by atoms with Crippen LogP contribution >= 0.6 is 23.2 Å². The molecule has 0 aliphatic rings. The molecule has 2 rings (SSSR count). The Labute approximate surface area is 162 Å². The summed E-state index contributed by atoms with van der Waals surface area (Å²) in [5, 5.41) is 4.93. The highest BCUT2D eigenvalue weighted by atomic mass is 35.5. The quantitative estimate of drug-likeness (QED) is 0.380. The van der Waals surface area contributed by atoms with Crippen LogP contribution in [0.5, 0.6) is 11.5 Å². The van der Waals surface area contributed by atoms with Crippen molar-refractivity contribution in [3.05, 3.63) is 58.1 Å². The minimum atomic E-state index is -0.182. The molecule has 1 amide bonds. The highest BCUT2D eigenvalue weighted by Crippen LogP contribution is 2.27.